The van der Waals surface area contributed by atoms with Crippen LogP contribution in [0, 0.1) is 0 Å². The SMILES string of the molecule is c1ccc(-c2ccc3sc4ccc(-c5c6ccccc6c(-c6ccc7c(c6)sc6cccc(-c8c9ccccc9c(-c9ccc%10sc%11ccc(-c%12ccccc%12)cc%11c%10c9)c9ccccc89)c67)c6ccccc56)cc4c3c2)cc1. The van der Waals surface area contributed by atoms with Crippen molar-refractivity contribution in [3.8, 4) is 66.8 Å². The van der Waals surface area contributed by atoms with E-state index < -0.39 is 0 Å². The molecule has 0 fully saturated rings. The Morgan fingerprint density at radius 2 is 0.494 bits per heavy atom. The highest BCUT2D eigenvalue weighted by Crippen LogP contribution is 2.51. The number of benzene rings is 14. The van der Waals surface area contributed by atoms with E-state index in [0.29, 0.717) is 0 Å². The summed E-state index contributed by atoms with van der Waals surface area (Å²) in [7, 11) is 0. The largest absolute Gasteiger partial charge is 0.135 e. The molecule has 17 aromatic rings. The third-order valence-corrected chi connectivity index (χ3v) is 20.1. The lowest BCUT2D eigenvalue weighted by Crippen LogP contribution is -1.91. The summed E-state index contributed by atoms with van der Waals surface area (Å²) in [5, 5.41) is 18.0. The first-order valence-electron chi connectivity index (χ1n) is 27.0. The molecule has 3 heteroatoms. The molecule has 17 rings (SSSR count). The summed E-state index contributed by atoms with van der Waals surface area (Å²) in [4.78, 5) is 0. The summed E-state index contributed by atoms with van der Waals surface area (Å²) in [5.74, 6) is 0. The van der Waals surface area contributed by atoms with E-state index in [4.69, 9.17) is 0 Å². The van der Waals surface area contributed by atoms with Crippen molar-refractivity contribution in [1.82, 2.24) is 0 Å². The molecule has 0 aliphatic rings. The summed E-state index contributed by atoms with van der Waals surface area (Å²) < 4.78 is 7.84. The molecule has 0 saturated heterocycles. The zero-order valence-electron chi connectivity index (χ0n) is 42.6. The van der Waals surface area contributed by atoms with Crippen LogP contribution in [0.2, 0.25) is 0 Å². The molecule has 366 valence electrons. The molecule has 14 aromatic carbocycles. The highest BCUT2D eigenvalue weighted by Gasteiger charge is 2.23. The normalized spacial score (nSPS) is 12.1. The molecule has 0 aliphatic heterocycles. The second-order valence-corrected chi connectivity index (χ2v) is 24.2. The summed E-state index contributed by atoms with van der Waals surface area (Å²) in [5.41, 5.74) is 15.1. The molecule has 0 saturated carbocycles. The Bertz CT molecular complexity index is 5250. The predicted molar refractivity (Wildman–Crippen MR) is 348 cm³/mol. The van der Waals surface area contributed by atoms with Crippen molar-refractivity contribution >= 4 is 138 Å². The fourth-order valence-corrected chi connectivity index (χ4v) is 16.5. The quantitative estimate of drug-likeness (QED) is 0.146. The van der Waals surface area contributed by atoms with Gasteiger partial charge in [0.2, 0.25) is 0 Å². The van der Waals surface area contributed by atoms with Crippen LogP contribution >= 0.6 is 34.0 Å². The van der Waals surface area contributed by atoms with Crippen LogP contribution in [0.5, 0.6) is 0 Å². The topological polar surface area (TPSA) is 0 Å². The minimum absolute atomic E-state index is 1.24. The van der Waals surface area contributed by atoms with Crippen molar-refractivity contribution in [3.63, 3.8) is 0 Å². The third-order valence-electron chi connectivity index (χ3n) is 16.6. The van der Waals surface area contributed by atoms with Gasteiger partial charge in [0.15, 0.2) is 0 Å². The average molecular weight is 1050 g/mol. The molecular formula is C76H44S3. The number of fused-ring (bicyclic) bond motifs is 13. The second-order valence-electron chi connectivity index (χ2n) is 21.0. The van der Waals surface area contributed by atoms with Gasteiger partial charge in [-0.3, -0.25) is 0 Å². The Balaban J connectivity index is 0.823. The van der Waals surface area contributed by atoms with Crippen molar-refractivity contribution < 1.29 is 0 Å². The molecule has 0 radical (unpaired) electrons. The van der Waals surface area contributed by atoms with Gasteiger partial charge in [0.05, 0.1) is 0 Å². The smallest absolute Gasteiger partial charge is 0.0361 e. The van der Waals surface area contributed by atoms with Crippen molar-refractivity contribution in [3.05, 3.63) is 267 Å². The van der Waals surface area contributed by atoms with Gasteiger partial charge in [0, 0.05) is 60.5 Å². The highest BCUT2D eigenvalue weighted by atomic mass is 32.1. The van der Waals surface area contributed by atoms with Gasteiger partial charge in [-0.05, 0) is 171 Å². The lowest BCUT2D eigenvalue weighted by Gasteiger charge is -2.19. The maximum atomic E-state index is 2.47. The van der Waals surface area contributed by atoms with Gasteiger partial charge in [0.1, 0.15) is 0 Å². The molecule has 0 N–H and O–H groups in total. The van der Waals surface area contributed by atoms with Crippen LogP contribution in [0.25, 0.3) is 170 Å². The van der Waals surface area contributed by atoms with Gasteiger partial charge in [-0.1, -0.05) is 206 Å². The minimum atomic E-state index is 1.24. The average Bonchev–Trinajstić information content (AvgIpc) is 4.30. The lowest BCUT2D eigenvalue weighted by atomic mass is 9.84. The molecular weight excluding hydrogens is 1010 g/mol. The molecule has 0 nitrogen and oxygen atoms in total. The first-order valence-corrected chi connectivity index (χ1v) is 29.5. The molecule has 79 heavy (non-hydrogen) atoms. The van der Waals surface area contributed by atoms with E-state index >= 15 is 0 Å². The zero-order chi connectivity index (χ0) is 51.7. The molecule has 0 amide bonds. The summed E-state index contributed by atoms with van der Waals surface area (Å²) in [6.45, 7) is 0. The van der Waals surface area contributed by atoms with E-state index in [-0.39, 0.29) is 0 Å². The Kier molecular flexibility index (Phi) is 10.0. The first-order chi connectivity index (χ1) is 39.2. The van der Waals surface area contributed by atoms with Gasteiger partial charge < -0.3 is 0 Å². The fourth-order valence-electron chi connectivity index (χ4n) is 13.2. The van der Waals surface area contributed by atoms with E-state index in [0.717, 1.165) is 0 Å². The van der Waals surface area contributed by atoms with Crippen molar-refractivity contribution in [2.75, 3.05) is 0 Å². The Morgan fingerprint density at radius 3 is 0.911 bits per heavy atom. The third kappa shape index (κ3) is 6.97. The number of rotatable bonds is 6. The monoisotopic (exact) mass is 1050 g/mol. The van der Waals surface area contributed by atoms with Crippen LogP contribution in [0.15, 0.2) is 267 Å². The maximum Gasteiger partial charge on any atom is 0.0361 e. The molecule has 0 atom stereocenters. The number of hydrogen-bond donors (Lipinski definition) is 0. The molecule has 3 aromatic heterocycles. The lowest BCUT2D eigenvalue weighted by molar-refractivity contribution is 1.66. The van der Waals surface area contributed by atoms with E-state index in [1.807, 2.05) is 34.0 Å². The standard InChI is InChI=1S/C76H44S3/c1-3-16-45(17-4-1)47-31-36-66-62(40-47)64-42-49(33-38-68(64)77-66)72-52-20-7-9-22-54(52)74(55-23-10-8-21-53(55)72)51-30-35-60-71(44-51)79-70-29-15-28-61(76(60)70)75-58-26-13-11-24-56(58)73(57-25-12-14-27-59(57)75)50-34-39-69-65(43-50)63-41-48(32-37-67(63)78-69)46-18-5-2-6-19-46/h1-44H. The van der Waals surface area contributed by atoms with Gasteiger partial charge >= 0.3 is 0 Å². The van der Waals surface area contributed by atoms with Crippen molar-refractivity contribution in [2.45, 2.75) is 0 Å². The predicted octanol–water partition coefficient (Wildman–Crippen LogP) is 23.4. The van der Waals surface area contributed by atoms with Crippen molar-refractivity contribution in [2.24, 2.45) is 0 Å². The summed E-state index contributed by atoms with van der Waals surface area (Å²) in [6, 6.07) is 100. The zero-order valence-corrected chi connectivity index (χ0v) is 45.1. The highest BCUT2D eigenvalue weighted by molar-refractivity contribution is 7.26. The number of hydrogen-bond acceptors (Lipinski definition) is 3. The maximum absolute atomic E-state index is 2.47. The summed E-state index contributed by atoms with van der Waals surface area (Å²) >= 11 is 5.67. The van der Waals surface area contributed by atoms with Crippen LogP contribution in [0.1, 0.15) is 0 Å². The first kappa shape index (κ1) is 44.9. The minimum Gasteiger partial charge on any atom is -0.135 e. The van der Waals surface area contributed by atoms with Crippen LogP contribution in [-0.4, -0.2) is 0 Å². The van der Waals surface area contributed by atoms with Gasteiger partial charge in [0.25, 0.3) is 0 Å². The Hall–Kier alpha value is -9.22. The van der Waals surface area contributed by atoms with E-state index in [1.54, 1.807) is 0 Å². The molecule has 0 aliphatic carbocycles. The number of thiophene rings is 3. The van der Waals surface area contributed by atoms with Crippen LogP contribution < -0.4 is 0 Å². The Morgan fingerprint density at radius 1 is 0.165 bits per heavy atom. The van der Waals surface area contributed by atoms with Gasteiger partial charge in [-0.25, -0.2) is 0 Å². The molecule has 0 unspecified atom stereocenters. The molecule has 0 bridgehead atoms. The molecule has 3 heterocycles. The Labute approximate surface area is 468 Å². The van der Waals surface area contributed by atoms with Crippen LogP contribution in [0.3, 0.4) is 0 Å². The summed E-state index contributed by atoms with van der Waals surface area (Å²) in [6.07, 6.45) is 0. The van der Waals surface area contributed by atoms with E-state index in [1.165, 1.54) is 170 Å². The molecule has 0 spiro atoms. The van der Waals surface area contributed by atoms with Crippen molar-refractivity contribution in [1.29, 1.82) is 0 Å². The van der Waals surface area contributed by atoms with E-state index in [2.05, 4.69) is 267 Å². The van der Waals surface area contributed by atoms with Crippen LogP contribution in [-0.2, 0) is 0 Å². The van der Waals surface area contributed by atoms with Gasteiger partial charge in [-0.15, -0.1) is 34.0 Å². The second kappa shape index (κ2) is 17.7. The van der Waals surface area contributed by atoms with Gasteiger partial charge in [-0.2, -0.15) is 0 Å². The van der Waals surface area contributed by atoms with E-state index in [9.17, 15) is 0 Å². The fraction of sp³-hybridized carbons (Fsp3) is 0. The van der Waals surface area contributed by atoms with Crippen LogP contribution in [0.4, 0.5) is 0 Å².